The van der Waals surface area contributed by atoms with Gasteiger partial charge in [-0.2, -0.15) is 5.10 Å². The van der Waals surface area contributed by atoms with Crippen LogP contribution in [0.5, 0.6) is 0 Å². The number of aromatic amines is 1. The van der Waals surface area contributed by atoms with Crippen LogP contribution in [-0.4, -0.2) is 14.8 Å². The first kappa shape index (κ1) is 9.58. The quantitative estimate of drug-likeness (QED) is 0.799. The van der Waals surface area contributed by atoms with Crippen molar-refractivity contribution in [1.29, 1.82) is 0 Å². The fourth-order valence-corrected chi connectivity index (χ4v) is 2.96. The summed E-state index contributed by atoms with van der Waals surface area (Å²) in [4.78, 5) is 0. The molecule has 0 aromatic carbocycles. The molecule has 0 saturated heterocycles. The maximum atomic E-state index is 5.27. The van der Waals surface area contributed by atoms with Gasteiger partial charge in [0.25, 0.3) is 0 Å². The van der Waals surface area contributed by atoms with Crippen molar-refractivity contribution in [1.82, 2.24) is 14.8 Å². The maximum absolute atomic E-state index is 5.27. The van der Waals surface area contributed by atoms with Crippen molar-refractivity contribution in [2.45, 2.75) is 51.0 Å². The molecule has 0 unspecified atom stereocenters. The zero-order valence-electron chi connectivity index (χ0n) is 8.91. The van der Waals surface area contributed by atoms with E-state index >= 15 is 0 Å². The van der Waals surface area contributed by atoms with E-state index in [1.54, 1.807) is 0 Å². The third-order valence-electron chi connectivity index (χ3n) is 3.64. The molecule has 1 aromatic rings. The molecule has 82 valence electrons. The van der Waals surface area contributed by atoms with Crippen molar-refractivity contribution < 1.29 is 0 Å². The maximum Gasteiger partial charge on any atom is 0.195 e. The normalized spacial score (nSPS) is 22.4. The summed E-state index contributed by atoms with van der Waals surface area (Å²) in [5, 5.41) is 7.33. The largest absolute Gasteiger partial charge is 0.301 e. The molecule has 2 fully saturated rings. The molecule has 1 heterocycles. The second kappa shape index (κ2) is 3.74. The molecule has 2 aliphatic rings. The number of nitrogens with one attached hydrogen (secondary N) is 1. The average molecular weight is 223 g/mol. The first-order valence-corrected chi connectivity index (χ1v) is 6.41. The zero-order chi connectivity index (χ0) is 10.3. The van der Waals surface area contributed by atoms with Gasteiger partial charge < -0.3 is 4.57 Å². The molecule has 3 nitrogen and oxygen atoms in total. The summed E-state index contributed by atoms with van der Waals surface area (Å²) in [6.45, 7) is 0. The lowest BCUT2D eigenvalue weighted by molar-refractivity contribution is 0.509. The van der Waals surface area contributed by atoms with Crippen LogP contribution >= 0.6 is 12.2 Å². The molecule has 0 radical (unpaired) electrons. The van der Waals surface area contributed by atoms with Gasteiger partial charge in [-0.25, -0.2) is 0 Å². The van der Waals surface area contributed by atoms with Crippen LogP contribution in [0.4, 0.5) is 0 Å². The Balaban J connectivity index is 1.81. The highest BCUT2D eigenvalue weighted by Crippen LogP contribution is 2.37. The third kappa shape index (κ3) is 1.87. The summed E-state index contributed by atoms with van der Waals surface area (Å²) >= 11 is 5.27. The number of nitrogens with zero attached hydrogens (tertiary/aromatic N) is 2. The SMILES string of the molecule is S=c1[nH]nc(CC2CCCC2)n1C1CC1. The number of aromatic nitrogens is 3. The Morgan fingerprint density at radius 1 is 1.27 bits per heavy atom. The highest BCUT2D eigenvalue weighted by Gasteiger charge is 2.28. The van der Waals surface area contributed by atoms with E-state index in [1.165, 1.54) is 44.3 Å². The number of hydrogen-bond acceptors (Lipinski definition) is 2. The van der Waals surface area contributed by atoms with E-state index in [9.17, 15) is 0 Å². The molecule has 1 aromatic heterocycles. The first-order valence-electron chi connectivity index (χ1n) is 6.00. The monoisotopic (exact) mass is 223 g/mol. The summed E-state index contributed by atoms with van der Waals surface area (Å²) in [7, 11) is 0. The molecule has 0 amide bonds. The Morgan fingerprint density at radius 2 is 2.00 bits per heavy atom. The van der Waals surface area contributed by atoms with Gasteiger partial charge in [-0.1, -0.05) is 25.7 Å². The van der Waals surface area contributed by atoms with Crippen LogP contribution in [0.25, 0.3) is 0 Å². The molecule has 3 rings (SSSR count). The standard InChI is InChI=1S/C11H17N3S/c15-11-13-12-10(14(11)9-5-6-9)7-8-3-1-2-4-8/h8-9H,1-7H2,(H,13,15). The third-order valence-corrected chi connectivity index (χ3v) is 3.92. The van der Waals surface area contributed by atoms with Crippen LogP contribution in [0.3, 0.4) is 0 Å². The number of rotatable bonds is 3. The number of H-pyrrole nitrogens is 1. The Hall–Kier alpha value is -0.640. The van der Waals surface area contributed by atoms with E-state index in [-0.39, 0.29) is 0 Å². The summed E-state index contributed by atoms with van der Waals surface area (Å²) in [5.41, 5.74) is 0. The second-order valence-corrected chi connectivity index (χ2v) is 5.29. The molecule has 2 aliphatic carbocycles. The Bertz CT molecular complexity index is 396. The van der Waals surface area contributed by atoms with E-state index in [4.69, 9.17) is 12.2 Å². The lowest BCUT2D eigenvalue weighted by Crippen LogP contribution is -2.07. The average Bonchev–Trinajstić information content (AvgIpc) is 2.80. The summed E-state index contributed by atoms with van der Waals surface area (Å²) in [6, 6.07) is 0.660. The van der Waals surface area contributed by atoms with Crippen LogP contribution in [-0.2, 0) is 6.42 Å². The topological polar surface area (TPSA) is 33.6 Å². The van der Waals surface area contributed by atoms with Crippen molar-refractivity contribution in [2.75, 3.05) is 0 Å². The van der Waals surface area contributed by atoms with Gasteiger partial charge in [0, 0.05) is 12.5 Å². The first-order chi connectivity index (χ1) is 7.34. The second-order valence-electron chi connectivity index (χ2n) is 4.90. The summed E-state index contributed by atoms with van der Waals surface area (Å²) in [6.07, 6.45) is 9.26. The lowest BCUT2D eigenvalue weighted by Gasteiger charge is -2.09. The molecule has 4 heteroatoms. The smallest absolute Gasteiger partial charge is 0.195 e. The Morgan fingerprint density at radius 3 is 2.67 bits per heavy atom. The molecule has 0 atom stereocenters. The van der Waals surface area contributed by atoms with Crippen LogP contribution in [0.1, 0.15) is 50.4 Å². The van der Waals surface area contributed by atoms with Crippen LogP contribution < -0.4 is 0 Å². The van der Waals surface area contributed by atoms with E-state index in [2.05, 4.69) is 14.8 Å². The van der Waals surface area contributed by atoms with Gasteiger partial charge in [-0.15, -0.1) is 0 Å². The highest BCUT2D eigenvalue weighted by atomic mass is 32.1. The molecular formula is C11H17N3S. The molecule has 1 N–H and O–H groups in total. The van der Waals surface area contributed by atoms with E-state index in [0.717, 1.165) is 17.1 Å². The lowest BCUT2D eigenvalue weighted by atomic mass is 10.0. The van der Waals surface area contributed by atoms with Gasteiger partial charge in [0.2, 0.25) is 0 Å². The summed E-state index contributed by atoms with van der Waals surface area (Å²) in [5.74, 6) is 2.06. The van der Waals surface area contributed by atoms with Crippen molar-refractivity contribution in [3.8, 4) is 0 Å². The van der Waals surface area contributed by atoms with Gasteiger partial charge in [-0.3, -0.25) is 5.10 Å². The predicted octanol–water partition coefficient (Wildman–Crippen LogP) is 3.01. The molecule has 2 saturated carbocycles. The summed E-state index contributed by atoms with van der Waals surface area (Å²) < 4.78 is 3.08. The Kier molecular flexibility index (Phi) is 2.39. The van der Waals surface area contributed by atoms with Crippen molar-refractivity contribution in [2.24, 2.45) is 5.92 Å². The van der Waals surface area contributed by atoms with Crippen LogP contribution in [0.2, 0.25) is 0 Å². The fraction of sp³-hybridized carbons (Fsp3) is 0.818. The Labute approximate surface area is 94.9 Å². The zero-order valence-corrected chi connectivity index (χ0v) is 9.72. The minimum absolute atomic E-state index is 0.660. The van der Waals surface area contributed by atoms with Crippen LogP contribution in [0.15, 0.2) is 0 Å². The van der Waals surface area contributed by atoms with Crippen molar-refractivity contribution in [3.05, 3.63) is 10.6 Å². The van der Waals surface area contributed by atoms with Gasteiger partial charge >= 0.3 is 0 Å². The molecule has 0 aliphatic heterocycles. The number of hydrogen-bond donors (Lipinski definition) is 1. The van der Waals surface area contributed by atoms with Gasteiger partial charge in [0.1, 0.15) is 5.82 Å². The molecule has 0 spiro atoms. The van der Waals surface area contributed by atoms with E-state index in [0.29, 0.717) is 6.04 Å². The van der Waals surface area contributed by atoms with E-state index in [1.807, 2.05) is 0 Å². The molecule has 15 heavy (non-hydrogen) atoms. The minimum atomic E-state index is 0.660. The predicted molar refractivity (Wildman–Crippen MR) is 61.3 cm³/mol. The van der Waals surface area contributed by atoms with Gasteiger partial charge in [0.15, 0.2) is 4.77 Å². The van der Waals surface area contributed by atoms with Gasteiger partial charge in [-0.05, 0) is 31.0 Å². The van der Waals surface area contributed by atoms with Crippen molar-refractivity contribution in [3.63, 3.8) is 0 Å². The van der Waals surface area contributed by atoms with Gasteiger partial charge in [0.05, 0.1) is 0 Å². The fourth-order valence-electron chi connectivity index (χ4n) is 2.66. The molecule has 0 bridgehead atoms. The van der Waals surface area contributed by atoms with Crippen molar-refractivity contribution >= 4 is 12.2 Å². The van der Waals surface area contributed by atoms with E-state index < -0.39 is 0 Å². The molecular weight excluding hydrogens is 206 g/mol. The highest BCUT2D eigenvalue weighted by molar-refractivity contribution is 7.71. The minimum Gasteiger partial charge on any atom is -0.301 e. The van der Waals surface area contributed by atoms with Crippen LogP contribution in [0, 0.1) is 10.7 Å².